The van der Waals surface area contributed by atoms with Gasteiger partial charge in [0.05, 0.1) is 17.7 Å². The summed E-state index contributed by atoms with van der Waals surface area (Å²) in [6.45, 7) is 0.895. The summed E-state index contributed by atoms with van der Waals surface area (Å²) >= 11 is 1.82. The summed E-state index contributed by atoms with van der Waals surface area (Å²) in [4.78, 5) is 12.4. The van der Waals surface area contributed by atoms with E-state index >= 15 is 0 Å². The summed E-state index contributed by atoms with van der Waals surface area (Å²) in [5.74, 6) is 2.22. The molecule has 10 heteroatoms. The van der Waals surface area contributed by atoms with Gasteiger partial charge in [0.15, 0.2) is 0 Å². The fourth-order valence-electron chi connectivity index (χ4n) is 2.62. The Balaban J connectivity index is 0.00000243. The highest BCUT2D eigenvalue weighted by molar-refractivity contribution is 7.99. The summed E-state index contributed by atoms with van der Waals surface area (Å²) in [6.07, 6.45) is 2.07. The van der Waals surface area contributed by atoms with E-state index in [2.05, 4.69) is 15.4 Å². The molecule has 1 atom stereocenters. The molecule has 1 saturated carbocycles. The normalized spacial score (nSPS) is 20.1. The van der Waals surface area contributed by atoms with Crippen LogP contribution in [0.25, 0.3) is 0 Å². The molecule has 1 aliphatic heterocycles. The number of sulfonamides is 1. The van der Waals surface area contributed by atoms with Crippen LogP contribution in [0.4, 0.5) is 5.69 Å². The molecule has 7 nitrogen and oxygen atoms in total. The standard InChI is InChI=1S/C16H23N3O4S2.ClH/c1-23-15-5-4-13(25(21,22)19-11-2-3-11)9-14(15)18-16(20)8-12-10-24-7-6-17-12;/h4-5,9,11-12,17,19H,2-3,6-8,10H2,1H3,(H,18,20);1H. The molecule has 1 saturated heterocycles. The fourth-order valence-corrected chi connectivity index (χ4v) is 4.90. The van der Waals surface area contributed by atoms with Crippen molar-refractivity contribution in [2.45, 2.75) is 36.2 Å². The molecule has 1 heterocycles. The van der Waals surface area contributed by atoms with Crippen molar-refractivity contribution in [3.8, 4) is 5.75 Å². The molecular weight excluding hydrogens is 398 g/mol. The van der Waals surface area contributed by atoms with Gasteiger partial charge in [-0.15, -0.1) is 12.4 Å². The first-order valence-corrected chi connectivity index (χ1v) is 10.9. The molecule has 0 bridgehead atoms. The molecule has 3 N–H and O–H groups in total. The highest BCUT2D eigenvalue weighted by Crippen LogP contribution is 2.29. The first kappa shape index (κ1) is 21.3. The number of halogens is 1. The van der Waals surface area contributed by atoms with Crippen LogP contribution in [0.3, 0.4) is 0 Å². The number of nitrogens with one attached hydrogen (secondary N) is 3. The second-order valence-corrected chi connectivity index (χ2v) is 9.10. The minimum Gasteiger partial charge on any atom is -0.495 e. The predicted molar refractivity (Wildman–Crippen MR) is 106 cm³/mol. The van der Waals surface area contributed by atoms with E-state index in [1.807, 2.05) is 11.8 Å². The second-order valence-electron chi connectivity index (χ2n) is 6.24. The molecule has 146 valence electrons. The number of rotatable bonds is 7. The molecule has 1 amide bonds. The van der Waals surface area contributed by atoms with Crippen LogP contribution in [-0.2, 0) is 14.8 Å². The molecule has 1 unspecified atom stereocenters. The third kappa shape index (κ3) is 5.75. The maximum Gasteiger partial charge on any atom is 0.240 e. The third-order valence-electron chi connectivity index (χ3n) is 4.08. The number of hydrogen-bond acceptors (Lipinski definition) is 6. The molecule has 2 aliphatic rings. The third-order valence-corrected chi connectivity index (χ3v) is 6.73. The number of benzene rings is 1. The monoisotopic (exact) mass is 421 g/mol. The zero-order valence-corrected chi connectivity index (χ0v) is 16.9. The van der Waals surface area contributed by atoms with Crippen LogP contribution in [0.1, 0.15) is 19.3 Å². The first-order valence-electron chi connectivity index (χ1n) is 8.29. The molecule has 0 radical (unpaired) electrons. The summed E-state index contributed by atoms with van der Waals surface area (Å²) in [7, 11) is -2.09. The maximum absolute atomic E-state index is 12.4. The van der Waals surface area contributed by atoms with Gasteiger partial charge >= 0.3 is 0 Å². The van der Waals surface area contributed by atoms with Gasteiger partial charge in [0.2, 0.25) is 15.9 Å². The lowest BCUT2D eigenvalue weighted by Crippen LogP contribution is -2.39. The molecule has 0 spiro atoms. The predicted octanol–water partition coefficient (Wildman–Crippen LogP) is 1.59. The summed E-state index contributed by atoms with van der Waals surface area (Å²) in [5.41, 5.74) is 0.370. The Morgan fingerprint density at radius 2 is 2.15 bits per heavy atom. The Labute approximate surface area is 164 Å². The quantitative estimate of drug-likeness (QED) is 0.618. The van der Waals surface area contributed by atoms with E-state index in [1.54, 1.807) is 6.07 Å². The first-order chi connectivity index (χ1) is 12.0. The van der Waals surface area contributed by atoms with Gasteiger partial charge in [0, 0.05) is 36.6 Å². The van der Waals surface area contributed by atoms with Crippen molar-refractivity contribution < 1.29 is 17.9 Å². The largest absolute Gasteiger partial charge is 0.495 e. The van der Waals surface area contributed by atoms with Crippen LogP contribution in [0.5, 0.6) is 5.75 Å². The van der Waals surface area contributed by atoms with E-state index in [0.717, 1.165) is 30.9 Å². The number of anilines is 1. The Morgan fingerprint density at radius 3 is 2.77 bits per heavy atom. The number of hydrogen-bond donors (Lipinski definition) is 3. The molecule has 1 aromatic carbocycles. The van der Waals surface area contributed by atoms with E-state index in [9.17, 15) is 13.2 Å². The summed E-state index contributed by atoms with van der Waals surface area (Å²) < 4.78 is 32.6. The molecule has 1 aromatic rings. The molecular formula is C16H24ClN3O4S2. The smallest absolute Gasteiger partial charge is 0.240 e. The van der Waals surface area contributed by atoms with Crippen LogP contribution in [0, 0.1) is 0 Å². The van der Waals surface area contributed by atoms with E-state index in [-0.39, 0.29) is 35.3 Å². The zero-order chi connectivity index (χ0) is 17.9. The molecule has 0 aromatic heterocycles. The number of carbonyl (C=O) groups is 1. The van der Waals surface area contributed by atoms with Crippen LogP contribution in [0.2, 0.25) is 0 Å². The zero-order valence-electron chi connectivity index (χ0n) is 14.5. The molecule has 2 fully saturated rings. The average Bonchev–Trinajstić information content (AvgIpc) is 3.39. The topological polar surface area (TPSA) is 96.5 Å². The van der Waals surface area contributed by atoms with Gasteiger partial charge in [-0.3, -0.25) is 4.79 Å². The number of methoxy groups -OCH3 is 1. The minimum absolute atomic E-state index is 0. The van der Waals surface area contributed by atoms with E-state index in [4.69, 9.17) is 4.74 Å². The van der Waals surface area contributed by atoms with Gasteiger partial charge in [0.1, 0.15) is 5.75 Å². The van der Waals surface area contributed by atoms with E-state index < -0.39 is 10.0 Å². The average molecular weight is 422 g/mol. The number of ether oxygens (including phenoxy) is 1. The maximum atomic E-state index is 12.4. The van der Waals surface area contributed by atoms with Crippen molar-refractivity contribution in [3.63, 3.8) is 0 Å². The Hall–Kier alpha value is -1.00. The molecule has 26 heavy (non-hydrogen) atoms. The lowest BCUT2D eigenvalue weighted by Gasteiger charge is -2.22. The van der Waals surface area contributed by atoms with Crippen molar-refractivity contribution in [1.82, 2.24) is 10.0 Å². The van der Waals surface area contributed by atoms with E-state index in [0.29, 0.717) is 17.9 Å². The van der Waals surface area contributed by atoms with Crippen molar-refractivity contribution in [2.75, 3.05) is 30.5 Å². The van der Waals surface area contributed by atoms with Gasteiger partial charge in [-0.2, -0.15) is 11.8 Å². The molecule has 3 rings (SSSR count). The van der Waals surface area contributed by atoms with Gasteiger partial charge in [-0.25, -0.2) is 13.1 Å². The summed E-state index contributed by atoms with van der Waals surface area (Å²) in [5, 5.41) is 6.09. The minimum atomic E-state index is -3.58. The van der Waals surface area contributed by atoms with Gasteiger partial charge in [-0.1, -0.05) is 0 Å². The highest BCUT2D eigenvalue weighted by Gasteiger charge is 2.28. The molecule has 1 aliphatic carbocycles. The van der Waals surface area contributed by atoms with Crippen molar-refractivity contribution in [3.05, 3.63) is 18.2 Å². The van der Waals surface area contributed by atoms with Crippen molar-refractivity contribution in [2.24, 2.45) is 0 Å². The van der Waals surface area contributed by atoms with Crippen molar-refractivity contribution >= 4 is 45.8 Å². The van der Waals surface area contributed by atoms with Gasteiger partial charge in [-0.05, 0) is 31.0 Å². The van der Waals surface area contributed by atoms with Gasteiger partial charge < -0.3 is 15.4 Å². The van der Waals surface area contributed by atoms with Gasteiger partial charge in [0.25, 0.3) is 0 Å². The van der Waals surface area contributed by atoms with E-state index in [1.165, 1.54) is 19.2 Å². The Morgan fingerprint density at radius 1 is 1.38 bits per heavy atom. The lowest BCUT2D eigenvalue weighted by molar-refractivity contribution is -0.116. The van der Waals surface area contributed by atoms with Crippen LogP contribution in [-0.4, -0.2) is 51.6 Å². The van der Waals surface area contributed by atoms with Crippen LogP contribution >= 0.6 is 24.2 Å². The Bertz CT molecular complexity index is 735. The lowest BCUT2D eigenvalue weighted by atomic mass is 10.2. The SMILES string of the molecule is COc1ccc(S(=O)(=O)NC2CC2)cc1NC(=O)CC1CSCCN1.Cl. The number of carbonyl (C=O) groups excluding carboxylic acids is 1. The van der Waals surface area contributed by atoms with Crippen molar-refractivity contribution in [1.29, 1.82) is 0 Å². The highest BCUT2D eigenvalue weighted by atomic mass is 35.5. The Kier molecular flexibility index (Phi) is 7.60. The second kappa shape index (κ2) is 9.27. The summed E-state index contributed by atoms with van der Waals surface area (Å²) in [6, 6.07) is 4.66. The van der Waals surface area contributed by atoms with Crippen LogP contribution < -0.4 is 20.1 Å². The van der Waals surface area contributed by atoms with Crippen LogP contribution in [0.15, 0.2) is 23.1 Å². The number of amides is 1. The fraction of sp³-hybridized carbons (Fsp3) is 0.562. The number of thioether (sulfide) groups is 1.